The van der Waals surface area contributed by atoms with Crippen molar-refractivity contribution in [2.24, 2.45) is 5.92 Å². The molecule has 3 aliphatic rings. The standard InChI is InChI=1S/C24H31N4O5P/c1-4-18-19(32-34-28-13-10-17(28)22(33-34)16-8-6-5-7-9-16)14-21(31-18)27-12-11-20(26-24(27)30)25-23(29)15(2)3/h5-9,11-12,15,17-19,21-22H,4,10,13-14H2,1-3H3,(H,25,26,29,30)/t17-,18+,19?,21+,22+,34-/m0/s1. The van der Waals surface area contributed by atoms with Gasteiger partial charge in [0.2, 0.25) is 5.91 Å². The molecule has 2 aromatic rings. The van der Waals surface area contributed by atoms with E-state index in [1.54, 1.807) is 26.1 Å². The number of aromatic nitrogens is 2. The van der Waals surface area contributed by atoms with Gasteiger partial charge in [0, 0.05) is 31.1 Å². The molecule has 3 saturated heterocycles. The van der Waals surface area contributed by atoms with Crippen molar-refractivity contribution < 1.29 is 18.6 Å². The number of carbonyl (C=O) groups is 1. The third kappa shape index (κ3) is 4.55. The number of nitrogens with one attached hydrogen (secondary N) is 1. The van der Waals surface area contributed by atoms with Crippen molar-refractivity contribution in [1.29, 1.82) is 0 Å². The zero-order valence-corrected chi connectivity index (χ0v) is 20.6. The first-order valence-corrected chi connectivity index (χ1v) is 13.1. The second-order valence-corrected chi connectivity index (χ2v) is 10.7. The molecule has 0 bridgehead atoms. The summed E-state index contributed by atoms with van der Waals surface area (Å²) < 4.78 is 22.9. The average Bonchev–Trinajstić information content (AvgIpc) is 3.31. The summed E-state index contributed by atoms with van der Waals surface area (Å²) in [6, 6.07) is 12.3. The third-order valence-corrected chi connectivity index (χ3v) is 8.43. The highest BCUT2D eigenvalue weighted by atomic mass is 31.2. The van der Waals surface area contributed by atoms with Gasteiger partial charge in [0.15, 0.2) is 0 Å². The maximum absolute atomic E-state index is 12.7. The molecule has 3 fully saturated rings. The van der Waals surface area contributed by atoms with Crippen LogP contribution >= 0.6 is 8.53 Å². The monoisotopic (exact) mass is 486 g/mol. The smallest absolute Gasteiger partial charge is 0.351 e. The van der Waals surface area contributed by atoms with Crippen molar-refractivity contribution in [3.8, 4) is 0 Å². The number of ether oxygens (including phenoxy) is 1. The fourth-order valence-electron chi connectivity index (χ4n) is 4.58. The van der Waals surface area contributed by atoms with Crippen LogP contribution in [0.1, 0.15) is 57.9 Å². The lowest BCUT2D eigenvalue weighted by Gasteiger charge is -2.37. The molecule has 6 atom stereocenters. The summed E-state index contributed by atoms with van der Waals surface area (Å²) in [5.41, 5.74) is 0.720. The summed E-state index contributed by atoms with van der Waals surface area (Å²) in [4.78, 5) is 28.6. The summed E-state index contributed by atoms with van der Waals surface area (Å²) in [5.74, 6) is -0.132. The van der Waals surface area contributed by atoms with Crippen LogP contribution in [0.2, 0.25) is 0 Å². The largest absolute Gasteiger partial charge is 0.352 e. The van der Waals surface area contributed by atoms with E-state index < -0.39 is 20.4 Å². The highest BCUT2D eigenvalue weighted by Crippen LogP contribution is 2.63. The van der Waals surface area contributed by atoms with Gasteiger partial charge in [0.25, 0.3) is 8.53 Å². The van der Waals surface area contributed by atoms with Gasteiger partial charge in [0.1, 0.15) is 18.1 Å². The maximum Gasteiger partial charge on any atom is 0.351 e. The van der Waals surface area contributed by atoms with Crippen LogP contribution in [0.25, 0.3) is 0 Å². The predicted octanol–water partition coefficient (Wildman–Crippen LogP) is 3.99. The first-order valence-electron chi connectivity index (χ1n) is 11.9. The van der Waals surface area contributed by atoms with Gasteiger partial charge in [-0.15, -0.1) is 0 Å². The molecule has 1 aromatic heterocycles. The summed E-state index contributed by atoms with van der Waals surface area (Å²) in [7, 11) is -1.18. The molecule has 0 aliphatic carbocycles. The van der Waals surface area contributed by atoms with Crippen molar-refractivity contribution >= 4 is 20.3 Å². The van der Waals surface area contributed by atoms with E-state index in [1.807, 2.05) is 18.2 Å². The van der Waals surface area contributed by atoms with E-state index in [-0.39, 0.29) is 36.0 Å². The van der Waals surface area contributed by atoms with Gasteiger partial charge in [-0.25, -0.2) is 9.46 Å². The summed E-state index contributed by atoms with van der Waals surface area (Å²) in [5, 5.41) is 2.66. The van der Waals surface area contributed by atoms with Crippen molar-refractivity contribution in [1.82, 2.24) is 14.2 Å². The molecule has 9 nitrogen and oxygen atoms in total. The van der Waals surface area contributed by atoms with Gasteiger partial charge in [-0.05, 0) is 24.5 Å². The quantitative estimate of drug-likeness (QED) is 0.592. The van der Waals surface area contributed by atoms with Gasteiger partial charge in [-0.2, -0.15) is 4.98 Å². The molecule has 0 spiro atoms. The van der Waals surface area contributed by atoms with E-state index in [1.165, 1.54) is 10.1 Å². The van der Waals surface area contributed by atoms with Crippen LogP contribution in [-0.2, 0) is 18.6 Å². The minimum absolute atomic E-state index is 0.0275. The lowest BCUT2D eigenvalue weighted by atomic mass is 9.95. The van der Waals surface area contributed by atoms with Gasteiger partial charge >= 0.3 is 5.69 Å². The van der Waals surface area contributed by atoms with Crippen LogP contribution in [0.3, 0.4) is 0 Å². The summed E-state index contributed by atoms with van der Waals surface area (Å²) in [6.45, 7) is 6.60. The fourth-order valence-corrected chi connectivity index (χ4v) is 6.54. The van der Waals surface area contributed by atoms with Crippen LogP contribution < -0.4 is 11.0 Å². The van der Waals surface area contributed by atoms with Gasteiger partial charge in [-0.3, -0.25) is 9.36 Å². The second-order valence-electron chi connectivity index (χ2n) is 9.26. The Kier molecular flexibility index (Phi) is 6.82. The van der Waals surface area contributed by atoms with Gasteiger partial charge in [-0.1, -0.05) is 51.1 Å². The normalized spacial score (nSPS) is 30.8. The Bertz CT molecular complexity index is 1080. The zero-order chi connectivity index (χ0) is 23.8. The van der Waals surface area contributed by atoms with Crippen LogP contribution in [0, 0.1) is 5.92 Å². The first-order chi connectivity index (χ1) is 16.4. The SMILES string of the molecule is CC[C@H]1O[C@@H](n2ccc(NC(=O)C(C)C)nc2=O)CC1O[P@@]1O[C@H](c2ccccc2)[C@@H]2CCN21. The van der Waals surface area contributed by atoms with Crippen molar-refractivity contribution in [3.05, 3.63) is 58.6 Å². The highest BCUT2D eigenvalue weighted by Gasteiger charge is 2.52. The Morgan fingerprint density at radius 2 is 2.09 bits per heavy atom. The molecule has 182 valence electrons. The third-order valence-electron chi connectivity index (χ3n) is 6.65. The van der Waals surface area contributed by atoms with E-state index in [2.05, 4.69) is 34.0 Å². The topological polar surface area (TPSA) is 94.9 Å². The van der Waals surface area contributed by atoms with Gasteiger partial charge in [0.05, 0.1) is 12.2 Å². The number of anilines is 1. The molecule has 3 aliphatic heterocycles. The molecule has 10 heteroatoms. The number of hydrogen-bond donors (Lipinski definition) is 1. The molecule has 1 amide bonds. The van der Waals surface area contributed by atoms with Crippen LogP contribution in [0.15, 0.2) is 47.4 Å². The second kappa shape index (κ2) is 9.84. The molecular weight excluding hydrogens is 455 g/mol. The summed E-state index contributed by atoms with van der Waals surface area (Å²) in [6.07, 6.45) is 3.26. The Balaban J connectivity index is 1.26. The van der Waals surface area contributed by atoms with Crippen LogP contribution in [-0.4, -0.2) is 44.9 Å². The van der Waals surface area contributed by atoms with E-state index in [9.17, 15) is 9.59 Å². The predicted molar refractivity (Wildman–Crippen MR) is 128 cm³/mol. The average molecular weight is 487 g/mol. The number of amides is 1. The molecule has 5 rings (SSSR count). The Morgan fingerprint density at radius 1 is 1.29 bits per heavy atom. The Morgan fingerprint density at radius 3 is 2.74 bits per heavy atom. The van der Waals surface area contributed by atoms with Crippen LogP contribution in [0.4, 0.5) is 5.82 Å². The molecule has 0 radical (unpaired) electrons. The minimum Gasteiger partial charge on any atom is -0.352 e. The lowest BCUT2D eigenvalue weighted by molar-refractivity contribution is -0.118. The molecule has 1 aromatic carbocycles. The Labute approximate surface area is 200 Å². The molecular formula is C24H31N4O5P. The van der Waals surface area contributed by atoms with E-state index >= 15 is 0 Å². The fraction of sp³-hybridized carbons (Fsp3) is 0.542. The van der Waals surface area contributed by atoms with Crippen molar-refractivity contribution in [2.75, 3.05) is 11.9 Å². The van der Waals surface area contributed by atoms with Gasteiger partial charge < -0.3 is 19.1 Å². The van der Waals surface area contributed by atoms with Crippen LogP contribution in [0.5, 0.6) is 0 Å². The maximum atomic E-state index is 12.7. The number of benzene rings is 1. The number of nitrogens with zero attached hydrogens (tertiary/aromatic N) is 3. The minimum atomic E-state index is -1.18. The number of rotatable bonds is 7. The Hall–Kier alpha value is -2.16. The highest BCUT2D eigenvalue weighted by molar-refractivity contribution is 7.45. The lowest BCUT2D eigenvalue weighted by Crippen LogP contribution is -2.42. The van der Waals surface area contributed by atoms with E-state index in [4.69, 9.17) is 13.8 Å². The number of fused-ring (bicyclic) bond motifs is 1. The number of carbonyl (C=O) groups excluding carboxylic acids is 1. The summed E-state index contributed by atoms with van der Waals surface area (Å²) >= 11 is 0. The van der Waals surface area contributed by atoms with E-state index in [0.717, 1.165) is 19.4 Å². The molecule has 1 N–H and O–H groups in total. The first kappa shape index (κ1) is 23.6. The molecule has 0 saturated carbocycles. The number of hydrogen-bond acceptors (Lipinski definition) is 7. The van der Waals surface area contributed by atoms with E-state index in [0.29, 0.717) is 12.5 Å². The zero-order valence-electron chi connectivity index (χ0n) is 19.7. The van der Waals surface area contributed by atoms with Crippen molar-refractivity contribution in [3.63, 3.8) is 0 Å². The molecule has 1 unspecified atom stereocenters. The molecule has 4 heterocycles. The van der Waals surface area contributed by atoms with Crippen molar-refractivity contribution in [2.45, 2.75) is 70.6 Å². The molecule has 34 heavy (non-hydrogen) atoms.